The summed E-state index contributed by atoms with van der Waals surface area (Å²) < 4.78 is 1.71. The molecule has 0 aliphatic carbocycles. The quantitative estimate of drug-likeness (QED) is 0.656. The van der Waals surface area contributed by atoms with Gasteiger partial charge in [0.25, 0.3) is 0 Å². The van der Waals surface area contributed by atoms with Crippen LogP contribution in [0.3, 0.4) is 0 Å². The largest absolute Gasteiger partial charge is 0.370 e. The summed E-state index contributed by atoms with van der Waals surface area (Å²) in [7, 11) is 0. The van der Waals surface area contributed by atoms with Gasteiger partial charge in [-0.15, -0.1) is 0 Å². The van der Waals surface area contributed by atoms with Crippen LogP contribution in [0.1, 0.15) is 19.3 Å². The van der Waals surface area contributed by atoms with E-state index < -0.39 is 0 Å². The Bertz CT molecular complexity index is 693. The Kier molecular flexibility index (Phi) is 3.94. The Morgan fingerprint density at radius 2 is 2.00 bits per heavy atom. The van der Waals surface area contributed by atoms with Crippen molar-refractivity contribution in [1.29, 1.82) is 0 Å². The van der Waals surface area contributed by atoms with Crippen LogP contribution in [0.15, 0.2) is 34.1 Å². The number of fused-ring (bicyclic) bond motifs is 1. The number of nitrogens with zero attached hydrogens (tertiary/aromatic N) is 3. The average molecular weight is 287 g/mol. The van der Waals surface area contributed by atoms with Gasteiger partial charge in [0.2, 0.25) is 0 Å². The van der Waals surface area contributed by atoms with Crippen LogP contribution in [0.2, 0.25) is 0 Å². The summed E-state index contributed by atoms with van der Waals surface area (Å²) in [6, 6.07) is 7.68. The van der Waals surface area contributed by atoms with Crippen molar-refractivity contribution in [2.75, 3.05) is 19.6 Å². The number of aliphatic imine (C=N–C) groups is 1. The number of benzene rings is 1. The Labute approximate surface area is 123 Å². The lowest BCUT2D eigenvalue weighted by atomic mass is 10.1. The fourth-order valence-electron chi connectivity index (χ4n) is 2.82. The number of likely N-dealkylation sites (tertiary alicyclic amines) is 1. The first-order chi connectivity index (χ1) is 10.3. The first-order valence-corrected chi connectivity index (χ1v) is 7.48. The smallest absolute Gasteiger partial charge is 0.326 e. The molecule has 6 nitrogen and oxygen atoms in total. The molecule has 1 fully saturated rings. The molecule has 0 atom stereocenters. The Hall–Kier alpha value is -2.24. The molecule has 3 N–H and O–H groups in total. The van der Waals surface area contributed by atoms with E-state index >= 15 is 0 Å². The van der Waals surface area contributed by atoms with Crippen molar-refractivity contribution in [3.63, 3.8) is 0 Å². The highest BCUT2D eigenvalue weighted by Gasteiger charge is 2.11. The van der Waals surface area contributed by atoms with E-state index in [9.17, 15) is 4.79 Å². The Morgan fingerprint density at radius 3 is 2.81 bits per heavy atom. The molecule has 1 aromatic heterocycles. The summed E-state index contributed by atoms with van der Waals surface area (Å²) in [5, 5.41) is 0. The minimum atomic E-state index is -0.0945. The van der Waals surface area contributed by atoms with Gasteiger partial charge < -0.3 is 15.6 Å². The highest BCUT2D eigenvalue weighted by atomic mass is 16.1. The zero-order valence-electron chi connectivity index (χ0n) is 12.1. The van der Waals surface area contributed by atoms with Crippen LogP contribution in [0.5, 0.6) is 0 Å². The third kappa shape index (κ3) is 2.94. The van der Waals surface area contributed by atoms with Gasteiger partial charge in [-0.05, 0) is 31.4 Å². The molecule has 112 valence electrons. The molecule has 1 aromatic carbocycles. The fourth-order valence-corrected chi connectivity index (χ4v) is 2.82. The zero-order chi connectivity index (χ0) is 14.7. The van der Waals surface area contributed by atoms with Gasteiger partial charge in [0.1, 0.15) is 0 Å². The van der Waals surface area contributed by atoms with Crippen LogP contribution in [0.25, 0.3) is 11.0 Å². The van der Waals surface area contributed by atoms with Crippen LogP contribution in [-0.2, 0) is 6.54 Å². The van der Waals surface area contributed by atoms with Gasteiger partial charge in [0.15, 0.2) is 5.96 Å². The van der Waals surface area contributed by atoms with E-state index in [0.29, 0.717) is 19.0 Å². The molecule has 1 aliphatic rings. The van der Waals surface area contributed by atoms with Crippen molar-refractivity contribution in [1.82, 2.24) is 14.5 Å². The molecule has 6 heteroatoms. The zero-order valence-corrected chi connectivity index (χ0v) is 12.1. The van der Waals surface area contributed by atoms with Crippen LogP contribution >= 0.6 is 0 Å². The minimum Gasteiger partial charge on any atom is -0.370 e. The van der Waals surface area contributed by atoms with E-state index in [4.69, 9.17) is 5.73 Å². The maximum absolute atomic E-state index is 11.9. The second-order valence-corrected chi connectivity index (χ2v) is 5.39. The van der Waals surface area contributed by atoms with Crippen molar-refractivity contribution in [3.8, 4) is 0 Å². The van der Waals surface area contributed by atoms with E-state index in [2.05, 4.69) is 14.9 Å². The molecule has 0 bridgehead atoms. The molecule has 0 saturated carbocycles. The van der Waals surface area contributed by atoms with Crippen LogP contribution in [-0.4, -0.2) is 40.0 Å². The number of aromatic nitrogens is 2. The number of nitrogens with one attached hydrogen (secondary N) is 1. The van der Waals surface area contributed by atoms with Gasteiger partial charge in [-0.2, -0.15) is 0 Å². The molecular weight excluding hydrogens is 266 g/mol. The van der Waals surface area contributed by atoms with Crippen LogP contribution < -0.4 is 11.4 Å². The van der Waals surface area contributed by atoms with Crippen molar-refractivity contribution < 1.29 is 0 Å². The second-order valence-electron chi connectivity index (χ2n) is 5.39. The number of hydrogen-bond donors (Lipinski definition) is 2. The summed E-state index contributed by atoms with van der Waals surface area (Å²) in [5.74, 6) is 0.600. The molecule has 0 unspecified atom stereocenters. The molecule has 0 amide bonds. The molecule has 1 saturated heterocycles. The normalized spacial score (nSPS) is 16.6. The highest BCUT2D eigenvalue weighted by molar-refractivity contribution is 5.78. The maximum atomic E-state index is 11.9. The molecular formula is C15H21N5O. The molecule has 21 heavy (non-hydrogen) atoms. The van der Waals surface area contributed by atoms with E-state index in [0.717, 1.165) is 24.1 Å². The molecule has 2 heterocycles. The molecule has 2 aromatic rings. The summed E-state index contributed by atoms with van der Waals surface area (Å²) in [6.07, 6.45) is 3.63. The van der Waals surface area contributed by atoms with Crippen molar-refractivity contribution >= 4 is 17.0 Å². The lowest BCUT2D eigenvalue weighted by Gasteiger charge is -2.27. The van der Waals surface area contributed by atoms with E-state index in [1.54, 1.807) is 4.57 Å². The number of H-pyrrole nitrogens is 1. The van der Waals surface area contributed by atoms with Crippen molar-refractivity contribution in [3.05, 3.63) is 34.7 Å². The van der Waals surface area contributed by atoms with E-state index in [1.807, 2.05) is 24.3 Å². The maximum Gasteiger partial charge on any atom is 0.326 e. The minimum absolute atomic E-state index is 0.0945. The van der Waals surface area contributed by atoms with Crippen LogP contribution in [0.4, 0.5) is 0 Å². The van der Waals surface area contributed by atoms with E-state index in [-0.39, 0.29) is 5.69 Å². The van der Waals surface area contributed by atoms with Crippen molar-refractivity contribution in [2.24, 2.45) is 10.7 Å². The number of rotatable bonds is 3. The number of hydrogen-bond acceptors (Lipinski definition) is 2. The molecule has 3 rings (SSSR count). The van der Waals surface area contributed by atoms with Gasteiger partial charge in [0.05, 0.1) is 17.6 Å². The fraction of sp³-hybridized carbons (Fsp3) is 0.467. The predicted molar refractivity (Wildman–Crippen MR) is 84.5 cm³/mol. The number of para-hydroxylation sites is 2. The number of imidazole rings is 1. The monoisotopic (exact) mass is 287 g/mol. The summed E-state index contributed by atoms with van der Waals surface area (Å²) in [5.41, 5.74) is 7.69. The lowest BCUT2D eigenvalue weighted by molar-refractivity contribution is 0.338. The lowest BCUT2D eigenvalue weighted by Crippen LogP contribution is -2.41. The van der Waals surface area contributed by atoms with Gasteiger partial charge in [-0.1, -0.05) is 12.1 Å². The SMILES string of the molecule is NC(=NCCn1c(=O)[nH]c2ccccc21)N1CCCCC1. The standard InChI is InChI=1S/C15H21N5O/c16-14(19-9-4-1-5-10-19)17-8-11-20-13-7-3-2-6-12(13)18-15(20)21/h2-3,6-7H,1,4-5,8-11H2,(H2,16,17)(H,18,21). The number of aromatic amines is 1. The highest BCUT2D eigenvalue weighted by Crippen LogP contribution is 2.09. The third-order valence-electron chi connectivity index (χ3n) is 3.96. The summed E-state index contributed by atoms with van der Waals surface area (Å²) in [6.45, 7) is 3.03. The predicted octanol–water partition coefficient (Wildman–Crippen LogP) is 1.13. The number of nitrogens with two attached hydrogens (primary N) is 1. The summed E-state index contributed by atoms with van der Waals surface area (Å²) in [4.78, 5) is 21.3. The molecule has 0 spiro atoms. The topological polar surface area (TPSA) is 79.4 Å². The Morgan fingerprint density at radius 1 is 1.24 bits per heavy atom. The number of guanidine groups is 1. The van der Waals surface area contributed by atoms with Crippen LogP contribution in [0, 0.1) is 0 Å². The summed E-state index contributed by atoms with van der Waals surface area (Å²) >= 11 is 0. The average Bonchev–Trinajstić information content (AvgIpc) is 2.84. The first-order valence-electron chi connectivity index (χ1n) is 7.48. The second kappa shape index (κ2) is 6.03. The third-order valence-corrected chi connectivity index (χ3v) is 3.96. The van der Waals surface area contributed by atoms with Gasteiger partial charge in [-0.3, -0.25) is 9.56 Å². The van der Waals surface area contributed by atoms with Crippen molar-refractivity contribution in [2.45, 2.75) is 25.8 Å². The Balaban J connectivity index is 1.69. The van der Waals surface area contributed by atoms with Gasteiger partial charge in [0, 0.05) is 19.6 Å². The van der Waals surface area contributed by atoms with Gasteiger partial charge in [-0.25, -0.2) is 4.79 Å². The van der Waals surface area contributed by atoms with E-state index in [1.165, 1.54) is 19.3 Å². The molecule has 0 radical (unpaired) electrons. The van der Waals surface area contributed by atoms with Gasteiger partial charge >= 0.3 is 5.69 Å². The first kappa shape index (κ1) is 13.7. The number of piperidine rings is 1. The molecule has 1 aliphatic heterocycles.